The third-order valence-electron chi connectivity index (χ3n) is 2.42. The van der Waals surface area contributed by atoms with Crippen molar-refractivity contribution in [2.24, 2.45) is 7.05 Å². The van der Waals surface area contributed by atoms with Crippen LogP contribution in [0.5, 0.6) is 0 Å². The van der Waals surface area contributed by atoms with Gasteiger partial charge in [-0.2, -0.15) is 5.10 Å². The van der Waals surface area contributed by atoms with E-state index >= 15 is 0 Å². The standard InChI is InChI=1S/C11H13N5O2S/c1-7-4-11(15(3)14-7)19-10-6-8(16(17)18)5-9(12-2)13-10/h4-6H,1-3H3,(H,12,13). The zero-order chi connectivity index (χ0) is 14.0. The van der Waals surface area contributed by atoms with Gasteiger partial charge in [0, 0.05) is 20.2 Å². The van der Waals surface area contributed by atoms with Crippen LogP contribution in [-0.2, 0) is 7.05 Å². The minimum atomic E-state index is -0.429. The molecular formula is C11H13N5O2S. The van der Waals surface area contributed by atoms with Gasteiger partial charge in [-0.1, -0.05) is 11.8 Å². The van der Waals surface area contributed by atoms with E-state index in [0.717, 1.165) is 10.7 Å². The highest BCUT2D eigenvalue weighted by molar-refractivity contribution is 7.99. The number of hydrogen-bond acceptors (Lipinski definition) is 6. The van der Waals surface area contributed by atoms with Crippen LogP contribution in [0.15, 0.2) is 28.3 Å². The summed E-state index contributed by atoms with van der Waals surface area (Å²) in [6, 6.07) is 4.76. The summed E-state index contributed by atoms with van der Waals surface area (Å²) in [6.45, 7) is 1.89. The molecule has 2 aromatic heterocycles. The summed E-state index contributed by atoms with van der Waals surface area (Å²) in [6.07, 6.45) is 0. The smallest absolute Gasteiger partial charge is 0.275 e. The summed E-state index contributed by atoms with van der Waals surface area (Å²) < 4.78 is 1.72. The third kappa shape index (κ3) is 3.02. The minimum Gasteiger partial charge on any atom is -0.373 e. The summed E-state index contributed by atoms with van der Waals surface area (Å²) in [5.74, 6) is 0.468. The molecule has 0 bridgehead atoms. The van der Waals surface area contributed by atoms with Crippen molar-refractivity contribution in [1.29, 1.82) is 0 Å². The Balaban J connectivity index is 2.36. The van der Waals surface area contributed by atoms with E-state index < -0.39 is 4.92 Å². The number of nitro groups is 1. The molecule has 0 aromatic carbocycles. The Morgan fingerprint density at radius 1 is 1.42 bits per heavy atom. The number of pyridine rings is 1. The molecule has 100 valence electrons. The van der Waals surface area contributed by atoms with E-state index in [2.05, 4.69) is 15.4 Å². The van der Waals surface area contributed by atoms with Gasteiger partial charge in [-0.15, -0.1) is 0 Å². The number of aryl methyl sites for hydroxylation is 2. The summed E-state index contributed by atoms with van der Waals surface area (Å²) in [5, 5.41) is 19.3. The molecule has 7 nitrogen and oxygen atoms in total. The number of nitrogens with one attached hydrogen (secondary N) is 1. The molecule has 0 amide bonds. The van der Waals surface area contributed by atoms with Gasteiger partial charge in [0.05, 0.1) is 16.7 Å². The van der Waals surface area contributed by atoms with E-state index in [4.69, 9.17) is 0 Å². The second-order valence-electron chi connectivity index (χ2n) is 3.91. The van der Waals surface area contributed by atoms with Crippen LogP contribution in [0.1, 0.15) is 5.69 Å². The molecule has 0 aliphatic heterocycles. The molecule has 1 N–H and O–H groups in total. The van der Waals surface area contributed by atoms with Crippen LogP contribution >= 0.6 is 11.8 Å². The van der Waals surface area contributed by atoms with Gasteiger partial charge in [-0.05, 0) is 13.0 Å². The van der Waals surface area contributed by atoms with Gasteiger partial charge >= 0.3 is 0 Å². The molecule has 2 rings (SSSR count). The van der Waals surface area contributed by atoms with Crippen molar-refractivity contribution in [2.75, 3.05) is 12.4 Å². The maximum Gasteiger partial charge on any atom is 0.275 e. The van der Waals surface area contributed by atoms with E-state index in [9.17, 15) is 10.1 Å². The fourth-order valence-electron chi connectivity index (χ4n) is 1.57. The van der Waals surface area contributed by atoms with E-state index in [1.165, 1.54) is 23.9 Å². The predicted octanol–water partition coefficient (Wildman–Crippen LogP) is 2.22. The largest absolute Gasteiger partial charge is 0.373 e. The Bertz CT molecular complexity index is 626. The zero-order valence-electron chi connectivity index (χ0n) is 10.7. The van der Waals surface area contributed by atoms with Crippen molar-refractivity contribution in [2.45, 2.75) is 17.0 Å². The van der Waals surface area contributed by atoms with Crippen molar-refractivity contribution in [3.63, 3.8) is 0 Å². The lowest BCUT2D eigenvalue weighted by Gasteiger charge is -2.04. The van der Waals surface area contributed by atoms with Crippen molar-refractivity contribution in [1.82, 2.24) is 14.8 Å². The molecule has 2 aromatic rings. The van der Waals surface area contributed by atoms with Crippen LogP contribution in [0.2, 0.25) is 0 Å². The molecule has 0 aliphatic carbocycles. The van der Waals surface area contributed by atoms with Crippen LogP contribution in [0.25, 0.3) is 0 Å². The van der Waals surface area contributed by atoms with Gasteiger partial charge in [0.25, 0.3) is 5.69 Å². The molecule has 0 unspecified atom stereocenters. The second kappa shape index (κ2) is 5.27. The Morgan fingerprint density at radius 2 is 2.16 bits per heavy atom. The molecule has 19 heavy (non-hydrogen) atoms. The average molecular weight is 279 g/mol. The Morgan fingerprint density at radius 3 is 2.68 bits per heavy atom. The first-order valence-corrected chi connectivity index (χ1v) is 6.34. The zero-order valence-corrected chi connectivity index (χ0v) is 11.6. The first-order chi connectivity index (χ1) is 8.99. The number of rotatable bonds is 4. The molecule has 0 radical (unpaired) electrons. The molecule has 0 fully saturated rings. The Hall–Kier alpha value is -2.09. The molecule has 0 saturated heterocycles. The quantitative estimate of drug-likeness (QED) is 0.682. The fourth-order valence-corrected chi connectivity index (χ4v) is 2.51. The van der Waals surface area contributed by atoms with Gasteiger partial charge < -0.3 is 5.32 Å². The molecule has 0 aliphatic rings. The molecule has 0 atom stereocenters. The van der Waals surface area contributed by atoms with Crippen molar-refractivity contribution in [3.05, 3.63) is 34.0 Å². The molecule has 0 spiro atoms. The van der Waals surface area contributed by atoms with E-state index in [1.807, 2.05) is 20.0 Å². The number of anilines is 1. The Kier molecular flexibility index (Phi) is 3.70. The van der Waals surface area contributed by atoms with Crippen molar-refractivity contribution < 1.29 is 4.92 Å². The summed E-state index contributed by atoms with van der Waals surface area (Å²) >= 11 is 1.34. The maximum absolute atomic E-state index is 10.9. The summed E-state index contributed by atoms with van der Waals surface area (Å²) in [4.78, 5) is 14.7. The first kappa shape index (κ1) is 13.3. The highest BCUT2D eigenvalue weighted by Crippen LogP contribution is 2.30. The SMILES string of the molecule is CNc1cc([N+](=O)[O-])cc(Sc2cc(C)nn2C)n1. The van der Waals surface area contributed by atoms with Crippen LogP contribution in [0, 0.1) is 17.0 Å². The summed E-state index contributed by atoms with van der Waals surface area (Å²) in [5.41, 5.74) is 0.907. The van der Waals surface area contributed by atoms with Gasteiger partial charge in [0.15, 0.2) is 0 Å². The van der Waals surface area contributed by atoms with E-state index in [0.29, 0.717) is 10.8 Å². The van der Waals surface area contributed by atoms with Gasteiger partial charge in [0.1, 0.15) is 15.9 Å². The van der Waals surface area contributed by atoms with Crippen molar-refractivity contribution in [3.8, 4) is 0 Å². The highest BCUT2D eigenvalue weighted by Gasteiger charge is 2.13. The molecule has 8 heteroatoms. The summed E-state index contributed by atoms with van der Waals surface area (Å²) in [7, 11) is 3.50. The molecule has 0 saturated carbocycles. The normalized spacial score (nSPS) is 10.5. The predicted molar refractivity (Wildman–Crippen MR) is 72.5 cm³/mol. The second-order valence-corrected chi connectivity index (χ2v) is 4.95. The lowest BCUT2D eigenvalue weighted by molar-refractivity contribution is -0.385. The Labute approximate surface area is 114 Å². The first-order valence-electron chi connectivity index (χ1n) is 5.52. The van der Waals surface area contributed by atoms with Crippen molar-refractivity contribution >= 4 is 23.3 Å². The minimum absolute atomic E-state index is 0.0146. The molecular weight excluding hydrogens is 266 g/mol. The van der Waals surface area contributed by atoms with Crippen LogP contribution in [0.4, 0.5) is 11.5 Å². The number of nitrogens with zero attached hydrogens (tertiary/aromatic N) is 4. The lowest BCUT2D eigenvalue weighted by Crippen LogP contribution is -1.98. The maximum atomic E-state index is 10.9. The average Bonchev–Trinajstić information content (AvgIpc) is 2.67. The van der Waals surface area contributed by atoms with Crippen LogP contribution in [-0.4, -0.2) is 26.7 Å². The monoisotopic (exact) mass is 279 g/mol. The van der Waals surface area contributed by atoms with Crippen LogP contribution < -0.4 is 5.32 Å². The number of aromatic nitrogens is 3. The highest BCUT2D eigenvalue weighted by atomic mass is 32.2. The van der Waals surface area contributed by atoms with Gasteiger partial charge in [0.2, 0.25) is 0 Å². The lowest BCUT2D eigenvalue weighted by atomic mass is 10.4. The van der Waals surface area contributed by atoms with E-state index in [-0.39, 0.29) is 5.69 Å². The van der Waals surface area contributed by atoms with Gasteiger partial charge in [-0.3, -0.25) is 14.8 Å². The number of hydrogen-bond donors (Lipinski definition) is 1. The third-order valence-corrected chi connectivity index (χ3v) is 3.43. The molecule has 2 heterocycles. The van der Waals surface area contributed by atoms with E-state index in [1.54, 1.807) is 11.7 Å². The van der Waals surface area contributed by atoms with Crippen LogP contribution in [0.3, 0.4) is 0 Å². The van der Waals surface area contributed by atoms with Gasteiger partial charge in [-0.25, -0.2) is 4.98 Å². The topological polar surface area (TPSA) is 85.9 Å². The fraction of sp³-hybridized carbons (Fsp3) is 0.273.